The smallest absolute Gasteiger partial charge is 0.237 e. The molecule has 1 aromatic rings. The van der Waals surface area contributed by atoms with E-state index in [1.165, 1.54) is 12.1 Å². The topological polar surface area (TPSA) is 55.1 Å². The molecule has 1 aromatic carbocycles. The standard InChI is InChI=1S/C12H15FN2O/c1-7(14)12(16)15-11-5-2-8-6-9(13)3-4-10(8)11/h3-4,6-7,11H,2,5,14H2,1H3,(H,15,16)/t7-,11?/m0/s1. The SMILES string of the molecule is C[C@H](N)C(=O)NC1CCc2cc(F)ccc21. The number of rotatable bonds is 2. The van der Waals surface area contributed by atoms with E-state index in [0.717, 1.165) is 24.0 Å². The molecule has 0 spiro atoms. The average Bonchev–Trinajstić information content (AvgIpc) is 2.60. The highest BCUT2D eigenvalue weighted by atomic mass is 19.1. The maximum atomic E-state index is 13.0. The van der Waals surface area contributed by atoms with Crippen LogP contribution >= 0.6 is 0 Å². The van der Waals surface area contributed by atoms with E-state index in [9.17, 15) is 9.18 Å². The highest BCUT2D eigenvalue weighted by molar-refractivity contribution is 5.81. The van der Waals surface area contributed by atoms with Gasteiger partial charge in [-0.05, 0) is 43.0 Å². The van der Waals surface area contributed by atoms with Crippen molar-refractivity contribution in [2.45, 2.75) is 31.8 Å². The fourth-order valence-electron chi connectivity index (χ4n) is 2.04. The van der Waals surface area contributed by atoms with Gasteiger partial charge < -0.3 is 11.1 Å². The van der Waals surface area contributed by atoms with E-state index in [2.05, 4.69) is 5.32 Å². The van der Waals surface area contributed by atoms with Gasteiger partial charge in [0.15, 0.2) is 0 Å². The molecule has 4 heteroatoms. The number of halogens is 1. The van der Waals surface area contributed by atoms with Crippen LogP contribution in [0.1, 0.15) is 30.5 Å². The second kappa shape index (κ2) is 4.22. The van der Waals surface area contributed by atoms with E-state index in [0.29, 0.717) is 0 Å². The Hall–Kier alpha value is -1.42. The van der Waals surface area contributed by atoms with Gasteiger partial charge in [0, 0.05) is 0 Å². The van der Waals surface area contributed by atoms with Crippen molar-refractivity contribution in [2.24, 2.45) is 5.73 Å². The summed E-state index contributed by atoms with van der Waals surface area (Å²) in [6, 6.07) is 4.17. The summed E-state index contributed by atoms with van der Waals surface area (Å²) in [6.07, 6.45) is 1.62. The van der Waals surface area contributed by atoms with E-state index >= 15 is 0 Å². The molecule has 1 amide bonds. The molecule has 16 heavy (non-hydrogen) atoms. The number of hydrogen-bond acceptors (Lipinski definition) is 2. The van der Waals surface area contributed by atoms with E-state index in [1.807, 2.05) is 0 Å². The largest absolute Gasteiger partial charge is 0.348 e. The Labute approximate surface area is 93.8 Å². The van der Waals surface area contributed by atoms with Gasteiger partial charge in [-0.2, -0.15) is 0 Å². The van der Waals surface area contributed by atoms with Crippen LogP contribution in [0.2, 0.25) is 0 Å². The highest BCUT2D eigenvalue weighted by Crippen LogP contribution is 2.31. The molecule has 0 saturated heterocycles. The third kappa shape index (κ3) is 2.07. The lowest BCUT2D eigenvalue weighted by Crippen LogP contribution is -2.39. The zero-order chi connectivity index (χ0) is 11.7. The molecule has 86 valence electrons. The molecule has 2 atom stereocenters. The van der Waals surface area contributed by atoms with Gasteiger partial charge in [-0.1, -0.05) is 6.07 Å². The number of amides is 1. The summed E-state index contributed by atoms with van der Waals surface area (Å²) in [5.74, 6) is -0.389. The van der Waals surface area contributed by atoms with Gasteiger partial charge in [0.1, 0.15) is 5.82 Å². The number of hydrogen-bond donors (Lipinski definition) is 2. The minimum Gasteiger partial charge on any atom is -0.348 e. The lowest BCUT2D eigenvalue weighted by atomic mass is 10.1. The van der Waals surface area contributed by atoms with Crippen LogP contribution in [0.15, 0.2) is 18.2 Å². The molecule has 0 aliphatic heterocycles. The number of carbonyl (C=O) groups excluding carboxylic acids is 1. The molecule has 0 bridgehead atoms. The van der Waals surface area contributed by atoms with Gasteiger partial charge in [0.25, 0.3) is 0 Å². The van der Waals surface area contributed by atoms with E-state index < -0.39 is 6.04 Å². The van der Waals surface area contributed by atoms with Crippen LogP contribution in [0.25, 0.3) is 0 Å². The van der Waals surface area contributed by atoms with Crippen LogP contribution in [0.3, 0.4) is 0 Å². The van der Waals surface area contributed by atoms with Crippen LogP contribution in [-0.4, -0.2) is 11.9 Å². The monoisotopic (exact) mass is 222 g/mol. The Balaban J connectivity index is 2.15. The van der Waals surface area contributed by atoms with E-state index in [-0.39, 0.29) is 17.8 Å². The fourth-order valence-corrected chi connectivity index (χ4v) is 2.04. The molecule has 2 rings (SSSR count). The zero-order valence-electron chi connectivity index (χ0n) is 9.16. The Kier molecular flexibility index (Phi) is 2.92. The van der Waals surface area contributed by atoms with Crippen LogP contribution in [0.4, 0.5) is 4.39 Å². The van der Waals surface area contributed by atoms with Crippen molar-refractivity contribution < 1.29 is 9.18 Å². The molecular weight excluding hydrogens is 207 g/mol. The van der Waals surface area contributed by atoms with Gasteiger partial charge >= 0.3 is 0 Å². The van der Waals surface area contributed by atoms with Crippen molar-refractivity contribution in [3.8, 4) is 0 Å². The maximum absolute atomic E-state index is 13.0. The van der Waals surface area contributed by atoms with Crippen molar-refractivity contribution in [3.63, 3.8) is 0 Å². The molecule has 3 N–H and O–H groups in total. The molecule has 0 radical (unpaired) electrons. The van der Waals surface area contributed by atoms with Crippen LogP contribution in [0, 0.1) is 5.82 Å². The first-order valence-electron chi connectivity index (χ1n) is 5.42. The summed E-state index contributed by atoms with van der Waals surface area (Å²) in [6.45, 7) is 1.65. The predicted octanol–water partition coefficient (Wildman–Crippen LogP) is 1.28. The Morgan fingerprint density at radius 2 is 2.38 bits per heavy atom. The second-order valence-corrected chi connectivity index (χ2v) is 4.23. The van der Waals surface area contributed by atoms with Crippen molar-refractivity contribution in [1.29, 1.82) is 0 Å². The number of fused-ring (bicyclic) bond motifs is 1. The first-order chi connectivity index (χ1) is 7.58. The summed E-state index contributed by atoms with van der Waals surface area (Å²) in [4.78, 5) is 11.5. The van der Waals surface area contributed by atoms with Gasteiger partial charge in [0.05, 0.1) is 12.1 Å². The van der Waals surface area contributed by atoms with Crippen LogP contribution in [0.5, 0.6) is 0 Å². The third-order valence-electron chi connectivity index (χ3n) is 2.91. The fraction of sp³-hybridized carbons (Fsp3) is 0.417. The molecule has 0 aromatic heterocycles. The molecule has 0 saturated carbocycles. The Morgan fingerprint density at radius 1 is 1.62 bits per heavy atom. The van der Waals surface area contributed by atoms with E-state index in [1.54, 1.807) is 13.0 Å². The average molecular weight is 222 g/mol. The van der Waals surface area contributed by atoms with E-state index in [4.69, 9.17) is 5.73 Å². The number of aryl methyl sites for hydroxylation is 1. The first kappa shape index (κ1) is 11.1. The van der Waals surface area contributed by atoms with Crippen molar-refractivity contribution in [1.82, 2.24) is 5.32 Å². The molecule has 0 fully saturated rings. The van der Waals surface area contributed by atoms with Gasteiger partial charge in [-0.15, -0.1) is 0 Å². The quantitative estimate of drug-likeness (QED) is 0.792. The normalized spacial score (nSPS) is 20.3. The Morgan fingerprint density at radius 3 is 3.06 bits per heavy atom. The number of carbonyl (C=O) groups is 1. The Bertz CT molecular complexity index is 417. The summed E-state index contributed by atoms with van der Waals surface area (Å²) >= 11 is 0. The summed E-state index contributed by atoms with van der Waals surface area (Å²) in [7, 11) is 0. The first-order valence-corrected chi connectivity index (χ1v) is 5.42. The minimum atomic E-state index is -0.510. The van der Waals surface area contributed by atoms with Gasteiger partial charge in [-0.25, -0.2) is 4.39 Å². The number of benzene rings is 1. The predicted molar refractivity (Wildman–Crippen MR) is 59.3 cm³/mol. The van der Waals surface area contributed by atoms with Crippen molar-refractivity contribution in [3.05, 3.63) is 35.1 Å². The van der Waals surface area contributed by atoms with Crippen molar-refractivity contribution in [2.75, 3.05) is 0 Å². The molecular formula is C12H15FN2O. The molecule has 1 aliphatic carbocycles. The highest BCUT2D eigenvalue weighted by Gasteiger charge is 2.24. The maximum Gasteiger partial charge on any atom is 0.237 e. The lowest BCUT2D eigenvalue weighted by Gasteiger charge is -2.15. The van der Waals surface area contributed by atoms with Gasteiger partial charge in [0.2, 0.25) is 5.91 Å². The van der Waals surface area contributed by atoms with Crippen molar-refractivity contribution >= 4 is 5.91 Å². The summed E-state index contributed by atoms with van der Waals surface area (Å²) in [5.41, 5.74) is 7.48. The third-order valence-corrected chi connectivity index (χ3v) is 2.91. The van der Waals surface area contributed by atoms with Crippen LogP contribution in [-0.2, 0) is 11.2 Å². The molecule has 0 heterocycles. The number of nitrogens with one attached hydrogen (secondary N) is 1. The molecule has 1 aliphatic rings. The van der Waals surface area contributed by atoms with Gasteiger partial charge in [-0.3, -0.25) is 4.79 Å². The van der Waals surface area contributed by atoms with Crippen LogP contribution < -0.4 is 11.1 Å². The minimum absolute atomic E-state index is 0.0194. The zero-order valence-corrected chi connectivity index (χ0v) is 9.16. The summed E-state index contributed by atoms with van der Waals surface area (Å²) in [5, 5.41) is 2.87. The molecule has 1 unspecified atom stereocenters. The lowest BCUT2D eigenvalue weighted by molar-refractivity contribution is -0.122. The number of nitrogens with two attached hydrogens (primary N) is 1. The molecule has 3 nitrogen and oxygen atoms in total. The summed E-state index contributed by atoms with van der Waals surface area (Å²) < 4.78 is 13.0. The second-order valence-electron chi connectivity index (χ2n) is 4.23.